The predicted octanol–water partition coefficient (Wildman–Crippen LogP) is 4.73. The number of nitrogens with one attached hydrogen (secondary N) is 1. The summed E-state index contributed by atoms with van der Waals surface area (Å²) in [7, 11) is 1.57. The van der Waals surface area contributed by atoms with Crippen molar-refractivity contribution in [3.63, 3.8) is 0 Å². The lowest BCUT2D eigenvalue weighted by Gasteiger charge is -2.23. The van der Waals surface area contributed by atoms with Gasteiger partial charge in [-0.1, -0.05) is 70.2 Å². The summed E-state index contributed by atoms with van der Waals surface area (Å²) in [5.41, 5.74) is 3.83. The molecule has 0 bridgehead atoms. The Morgan fingerprint density at radius 1 is 1.03 bits per heavy atom. The van der Waals surface area contributed by atoms with Gasteiger partial charge in [-0.25, -0.2) is 4.98 Å². The van der Waals surface area contributed by atoms with E-state index in [1.165, 1.54) is 10.5 Å². The van der Waals surface area contributed by atoms with E-state index in [2.05, 4.69) is 31.3 Å². The fraction of sp³-hybridized carbons (Fsp3) is 0.370. The smallest absolute Gasteiger partial charge is 0.246 e. The van der Waals surface area contributed by atoms with E-state index in [-0.39, 0.29) is 24.3 Å². The van der Waals surface area contributed by atoms with Crippen LogP contribution in [0.2, 0.25) is 0 Å². The SMILES string of the molecule is COCCN(CC(=O)Nc1nc(-c2ccccc2)cn1-c1ccc(C(C)C)cc1)C(=O)C(C)C. The molecule has 0 unspecified atom stereocenters. The average molecular weight is 463 g/mol. The van der Waals surface area contributed by atoms with Crippen molar-refractivity contribution in [3.8, 4) is 16.9 Å². The molecule has 0 aliphatic rings. The zero-order valence-corrected chi connectivity index (χ0v) is 20.6. The zero-order chi connectivity index (χ0) is 24.7. The minimum atomic E-state index is -0.310. The molecule has 3 aromatic rings. The lowest BCUT2D eigenvalue weighted by molar-refractivity contribution is -0.138. The summed E-state index contributed by atoms with van der Waals surface area (Å²) in [5, 5.41) is 2.92. The van der Waals surface area contributed by atoms with E-state index < -0.39 is 0 Å². The first-order chi connectivity index (χ1) is 16.3. The predicted molar refractivity (Wildman–Crippen MR) is 135 cm³/mol. The number of rotatable bonds is 10. The Hall–Kier alpha value is -3.45. The number of carbonyl (C=O) groups is 2. The Bertz CT molecular complexity index is 1090. The van der Waals surface area contributed by atoms with Crippen LogP contribution in [0, 0.1) is 5.92 Å². The summed E-state index contributed by atoms with van der Waals surface area (Å²) in [4.78, 5) is 31.8. The van der Waals surface area contributed by atoms with Crippen LogP contribution in [0.25, 0.3) is 16.9 Å². The van der Waals surface area contributed by atoms with Crippen molar-refractivity contribution in [2.45, 2.75) is 33.6 Å². The van der Waals surface area contributed by atoms with Crippen LogP contribution in [0.5, 0.6) is 0 Å². The molecule has 1 N–H and O–H groups in total. The number of nitrogens with zero attached hydrogens (tertiary/aromatic N) is 3. The fourth-order valence-corrected chi connectivity index (χ4v) is 3.60. The van der Waals surface area contributed by atoms with Crippen molar-refractivity contribution in [3.05, 3.63) is 66.4 Å². The number of benzene rings is 2. The molecular weight excluding hydrogens is 428 g/mol. The first kappa shape index (κ1) is 25.2. The second-order valence-corrected chi connectivity index (χ2v) is 8.89. The number of methoxy groups -OCH3 is 1. The van der Waals surface area contributed by atoms with Crippen LogP contribution in [-0.4, -0.2) is 53.1 Å². The van der Waals surface area contributed by atoms with Crippen LogP contribution >= 0.6 is 0 Å². The molecule has 0 atom stereocenters. The summed E-state index contributed by atoms with van der Waals surface area (Å²) in [6, 6.07) is 18.0. The highest BCUT2D eigenvalue weighted by Crippen LogP contribution is 2.25. The van der Waals surface area contributed by atoms with Crippen molar-refractivity contribution in [1.29, 1.82) is 0 Å². The largest absolute Gasteiger partial charge is 0.383 e. The first-order valence-electron chi connectivity index (χ1n) is 11.6. The Balaban J connectivity index is 1.90. The van der Waals surface area contributed by atoms with Crippen LogP contribution < -0.4 is 5.32 Å². The van der Waals surface area contributed by atoms with E-state index in [0.717, 1.165) is 16.9 Å². The molecule has 0 spiro atoms. The molecule has 180 valence electrons. The molecule has 2 amide bonds. The number of amides is 2. The van der Waals surface area contributed by atoms with Crippen molar-refractivity contribution >= 4 is 17.8 Å². The first-order valence-corrected chi connectivity index (χ1v) is 11.6. The number of aromatic nitrogens is 2. The minimum Gasteiger partial charge on any atom is -0.383 e. The van der Waals surface area contributed by atoms with Crippen LogP contribution in [0.4, 0.5) is 5.95 Å². The maximum atomic E-state index is 13.0. The van der Waals surface area contributed by atoms with Gasteiger partial charge in [-0.2, -0.15) is 0 Å². The molecule has 0 aliphatic heterocycles. The number of carbonyl (C=O) groups excluding carboxylic acids is 2. The number of ether oxygens (including phenoxy) is 1. The number of hydrogen-bond donors (Lipinski definition) is 1. The van der Waals surface area contributed by atoms with E-state index in [1.54, 1.807) is 7.11 Å². The molecule has 7 nitrogen and oxygen atoms in total. The topological polar surface area (TPSA) is 76.5 Å². The lowest BCUT2D eigenvalue weighted by atomic mass is 10.0. The fourth-order valence-electron chi connectivity index (χ4n) is 3.60. The number of imidazole rings is 1. The zero-order valence-electron chi connectivity index (χ0n) is 20.6. The maximum absolute atomic E-state index is 13.0. The standard InChI is InChI=1S/C27H34N4O3/c1-19(2)21-11-13-23(14-12-21)31-17-24(22-9-7-6-8-10-22)28-27(31)29-25(32)18-30(15-16-34-5)26(33)20(3)4/h6-14,17,19-20H,15-16,18H2,1-5H3,(H,28,29,32). The second kappa shape index (κ2) is 11.6. The highest BCUT2D eigenvalue weighted by Gasteiger charge is 2.21. The van der Waals surface area contributed by atoms with Crippen molar-refractivity contribution in [2.24, 2.45) is 5.92 Å². The summed E-state index contributed by atoms with van der Waals surface area (Å²) in [5.74, 6) is 0.216. The van der Waals surface area contributed by atoms with E-state index in [1.807, 2.05) is 67.1 Å². The van der Waals surface area contributed by atoms with Gasteiger partial charge >= 0.3 is 0 Å². The molecule has 3 rings (SSSR count). The average Bonchev–Trinajstić information content (AvgIpc) is 3.25. The van der Waals surface area contributed by atoms with Crippen LogP contribution in [-0.2, 0) is 14.3 Å². The molecule has 34 heavy (non-hydrogen) atoms. The van der Waals surface area contributed by atoms with Gasteiger partial charge in [-0.05, 0) is 23.6 Å². The van der Waals surface area contributed by atoms with Gasteiger partial charge in [0.25, 0.3) is 0 Å². The van der Waals surface area contributed by atoms with Gasteiger partial charge in [0, 0.05) is 37.0 Å². The highest BCUT2D eigenvalue weighted by molar-refractivity contribution is 5.94. The molecule has 0 aliphatic carbocycles. The maximum Gasteiger partial charge on any atom is 0.246 e. The summed E-state index contributed by atoms with van der Waals surface area (Å²) >= 11 is 0. The van der Waals surface area contributed by atoms with Gasteiger partial charge in [0.15, 0.2) is 0 Å². The third kappa shape index (κ3) is 6.32. The Morgan fingerprint density at radius 2 is 1.71 bits per heavy atom. The monoisotopic (exact) mass is 462 g/mol. The van der Waals surface area contributed by atoms with Crippen LogP contribution in [0.1, 0.15) is 39.2 Å². The van der Waals surface area contributed by atoms with Crippen molar-refractivity contribution < 1.29 is 14.3 Å². The molecule has 0 saturated heterocycles. The highest BCUT2D eigenvalue weighted by atomic mass is 16.5. The van der Waals surface area contributed by atoms with E-state index in [4.69, 9.17) is 9.72 Å². The van der Waals surface area contributed by atoms with Gasteiger partial charge in [0.1, 0.15) is 6.54 Å². The lowest BCUT2D eigenvalue weighted by Crippen LogP contribution is -2.42. The van der Waals surface area contributed by atoms with Gasteiger partial charge < -0.3 is 9.64 Å². The molecular formula is C27H34N4O3. The van der Waals surface area contributed by atoms with Crippen molar-refractivity contribution in [1.82, 2.24) is 14.5 Å². The van der Waals surface area contributed by atoms with Gasteiger partial charge in [0.05, 0.1) is 12.3 Å². The molecule has 1 aromatic heterocycles. The van der Waals surface area contributed by atoms with E-state index in [9.17, 15) is 9.59 Å². The van der Waals surface area contributed by atoms with E-state index >= 15 is 0 Å². The quantitative estimate of drug-likeness (QED) is 0.472. The Kier molecular flexibility index (Phi) is 8.60. The molecule has 0 fully saturated rings. The summed E-state index contributed by atoms with van der Waals surface area (Å²) in [6.07, 6.45) is 1.91. The molecule has 0 saturated carbocycles. The van der Waals surface area contributed by atoms with E-state index in [0.29, 0.717) is 25.0 Å². The van der Waals surface area contributed by atoms with Crippen molar-refractivity contribution in [2.75, 3.05) is 32.1 Å². The Labute approximate surface area is 201 Å². The third-order valence-corrected chi connectivity index (χ3v) is 5.57. The van der Waals surface area contributed by atoms with Crippen LogP contribution in [0.3, 0.4) is 0 Å². The molecule has 0 radical (unpaired) electrons. The minimum absolute atomic E-state index is 0.0693. The van der Waals surface area contributed by atoms with Gasteiger partial charge in [0.2, 0.25) is 17.8 Å². The molecule has 1 heterocycles. The normalized spacial score (nSPS) is 11.1. The van der Waals surface area contributed by atoms with Crippen LogP contribution in [0.15, 0.2) is 60.8 Å². The number of anilines is 1. The third-order valence-electron chi connectivity index (χ3n) is 5.57. The summed E-state index contributed by atoms with van der Waals surface area (Å²) in [6.45, 7) is 8.58. The second-order valence-electron chi connectivity index (χ2n) is 8.89. The molecule has 2 aromatic carbocycles. The number of hydrogen-bond acceptors (Lipinski definition) is 4. The molecule has 7 heteroatoms. The van der Waals surface area contributed by atoms with Gasteiger partial charge in [-0.15, -0.1) is 0 Å². The summed E-state index contributed by atoms with van der Waals surface area (Å²) < 4.78 is 6.98. The Morgan fingerprint density at radius 3 is 2.29 bits per heavy atom. The van der Waals surface area contributed by atoms with Gasteiger partial charge in [-0.3, -0.25) is 19.5 Å².